The molecule has 4 rings (SSSR count). The molecule has 29 heavy (non-hydrogen) atoms. The van der Waals surface area contributed by atoms with Gasteiger partial charge in [0.15, 0.2) is 0 Å². The van der Waals surface area contributed by atoms with Gasteiger partial charge in [0.05, 0.1) is 18.9 Å². The van der Waals surface area contributed by atoms with E-state index in [1.54, 1.807) is 0 Å². The molecule has 0 atom stereocenters. The number of benzene rings is 2. The van der Waals surface area contributed by atoms with E-state index in [4.69, 9.17) is 14.7 Å². The molecule has 150 valence electrons. The number of para-hydroxylation sites is 1. The molecule has 0 amide bonds. The van der Waals surface area contributed by atoms with Crippen molar-refractivity contribution in [3.05, 3.63) is 66.2 Å². The number of hydrogen-bond donors (Lipinski definition) is 1. The average molecular weight is 389 g/mol. The van der Waals surface area contributed by atoms with Crippen molar-refractivity contribution >= 4 is 17.5 Å². The van der Waals surface area contributed by atoms with Gasteiger partial charge >= 0.3 is 0 Å². The minimum atomic E-state index is 0.0337. The number of ether oxygens (including phenoxy) is 1. The monoisotopic (exact) mass is 388 g/mol. The van der Waals surface area contributed by atoms with Crippen LogP contribution in [0.2, 0.25) is 0 Å². The molecule has 0 saturated carbocycles. The van der Waals surface area contributed by atoms with Crippen molar-refractivity contribution < 1.29 is 4.74 Å². The molecule has 1 aliphatic rings. The van der Waals surface area contributed by atoms with Crippen molar-refractivity contribution in [2.24, 2.45) is 0 Å². The SMILES string of the molecule is CC(C)(C)c1ccccc1Nc1cc(-c2ccccc2)nc(N2CCOCC2)n1. The average Bonchev–Trinajstić information content (AvgIpc) is 2.74. The zero-order chi connectivity index (χ0) is 20.3. The fraction of sp³-hybridized carbons (Fsp3) is 0.333. The Balaban J connectivity index is 1.75. The number of anilines is 3. The van der Waals surface area contributed by atoms with Crippen LogP contribution in [0.1, 0.15) is 26.3 Å². The molecule has 0 bridgehead atoms. The summed E-state index contributed by atoms with van der Waals surface area (Å²) in [6, 6.07) is 20.7. The van der Waals surface area contributed by atoms with Gasteiger partial charge < -0.3 is 15.0 Å². The second-order valence-corrected chi connectivity index (χ2v) is 8.32. The molecule has 1 aromatic heterocycles. The molecule has 5 heteroatoms. The normalized spacial score (nSPS) is 14.7. The molecule has 1 N–H and O–H groups in total. The Kier molecular flexibility index (Phi) is 5.49. The highest BCUT2D eigenvalue weighted by atomic mass is 16.5. The Labute approximate surface area is 172 Å². The van der Waals surface area contributed by atoms with E-state index in [0.717, 1.165) is 41.8 Å². The molecule has 0 aliphatic carbocycles. The van der Waals surface area contributed by atoms with Gasteiger partial charge in [0.1, 0.15) is 5.82 Å². The number of nitrogens with one attached hydrogen (secondary N) is 1. The summed E-state index contributed by atoms with van der Waals surface area (Å²) in [6.07, 6.45) is 0. The molecule has 1 aliphatic heterocycles. The number of morpholine rings is 1. The standard InChI is InChI=1S/C24H28N4O/c1-24(2,3)19-11-7-8-12-20(19)25-22-17-21(18-9-5-4-6-10-18)26-23(27-22)28-13-15-29-16-14-28/h4-12,17H,13-16H2,1-3H3,(H,25,26,27). The quantitative estimate of drug-likeness (QED) is 0.680. The molecule has 2 heterocycles. The zero-order valence-electron chi connectivity index (χ0n) is 17.4. The number of rotatable bonds is 4. The number of hydrogen-bond acceptors (Lipinski definition) is 5. The van der Waals surface area contributed by atoms with Crippen LogP contribution in [-0.4, -0.2) is 36.3 Å². The summed E-state index contributed by atoms with van der Waals surface area (Å²) in [6.45, 7) is 9.68. The van der Waals surface area contributed by atoms with Crippen LogP contribution >= 0.6 is 0 Å². The van der Waals surface area contributed by atoms with Crippen molar-refractivity contribution in [3.8, 4) is 11.3 Å². The fourth-order valence-electron chi connectivity index (χ4n) is 3.54. The second-order valence-electron chi connectivity index (χ2n) is 8.32. The van der Waals surface area contributed by atoms with Gasteiger partial charge in [-0.3, -0.25) is 0 Å². The van der Waals surface area contributed by atoms with E-state index in [0.29, 0.717) is 13.2 Å². The molecule has 0 unspecified atom stereocenters. The summed E-state index contributed by atoms with van der Waals surface area (Å²) < 4.78 is 5.50. The Morgan fingerprint density at radius 2 is 1.59 bits per heavy atom. The summed E-state index contributed by atoms with van der Waals surface area (Å²) in [7, 11) is 0. The van der Waals surface area contributed by atoms with E-state index in [1.165, 1.54) is 5.56 Å². The molecule has 1 saturated heterocycles. The first kappa shape index (κ1) is 19.4. The van der Waals surface area contributed by atoms with Crippen molar-refractivity contribution in [1.82, 2.24) is 9.97 Å². The van der Waals surface area contributed by atoms with E-state index >= 15 is 0 Å². The fourth-order valence-corrected chi connectivity index (χ4v) is 3.54. The maximum Gasteiger partial charge on any atom is 0.228 e. The summed E-state index contributed by atoms with van der Waals surface area (Å²) in [4.78, 5) is 11.9. The van der Waals surface area contributed by atoms with Crippen LogP contribution < -0.4 is 10.2 Å². The maximum absolute atomic E-state index is 5.50. The van der Waals surface area contributed by atoms with Crippen LogP contribution in [0.15, 0.2) is 60.7 Å². The van der Waals surface area contributed by atoms with E-state index in [-0.39, 0.29) is 5.41 Å². The largest absolute Gasteiger partial charge is 0.378 e. The van der Waals surface area contributed by atoms with Crippen molar-refractivity contribution in [2.75, 3.05) is 36.5 Å². The lowest BCUT2D eigenvalue weighted by Crippen LogP contribution is -2.37. The first-order chi connectivity index (χ1) is 14.0. The lowest BCUT2D eigenvalue weighted by molar-refractivity contribution is 0.122. The molecule has 2 aromatic carbocycles. The van der Waals surface area contributed by atoms with Crippen LogP contribution in [0.5, 0.6) is 0 Å². The Morgan fingerprint density at radius 1 is 0.897 bits per heavy atom. The number of nitrogens with zero attached hydrogens (tertiary/aromatic N) is 3. The van der Waals surface area contributed by atoms with Crippen molar-refractivity contribution in [3.63, 3.8) is 0 Å². The zero-order valence-corrected chi connectivity index (χ0v) is 17.4. The van der Waals surface area contributed by atoms with Gasteiger partial charge in [-0.05, 0) is 17.0 Å². The maximum atomic E-state index is 5.50. The third-order valence-corrected chi connectivity index (χ3v) is 5.08. The van der Waals surface area contributed by atoms with Crippen LogP contribution in [-0.2, 0) is 10.2 Å². The van der Waals surface area contributed by atoms with E-state index < -0.39 is 0 Å². The molecule has 5 nitrogen and oxygen atoms in total. The predicted molar refractivity (Wildman–Crippen MR) is 119 cm³/mol. The minimum Gasteiger partial charge on any atom is -0.378 e. The lowest BCUT2D eigenvalue weighted by Gasteiger charge is -2.28. The van der Waals surface area contributed by atoms with Gasteiger partial charge in [-0.25, -0.2) is 4.98 Å². The third kappa shape index (κ3) is 4.57. The topological polar surface area (TPSA) is 50.3 Å². The van der Waals surface area contributed by atoms with Crippen LogP contribution in [0.25, 0.3) is 11.3 Å². The Hall–Kier alpha value is -2.92. The van der Waals surface area contributed by atoms with Gasteiger partial charge in [-0.1, -0.05) is 69.3 Å². The van der Waals surface area contributed by atoms with E-state index in [9.17, 15) is 0 Å². The highest BCUT2D eigenvalue weighted by Gasteiger charge is 2.20. The van der Waals surface area contributed by atoms with Gasteiger partial charge in [0.2, 0.25) is 5.95 Å². The molecule has 3 aromatic rings. The first-order valence-corrected chi connectivity index (χ1v) is 10.1. The number of aromatic nitrogens is 2. The molecule has 1 fully saturated rings. The van der Waals surface area contributed by atoms with Crippen molar-refractivity contribution in [2.45, 2.75) is 26.2 Å². The van der Waals surface area contributed by atoms with Crippen LogP contribution in [0.3, 0.4) is 0 Å². The Bertz CT molecular complexity index is 960. The minimum absolute atomic E-state index is 0.0337. The van der Waals surface area contributed by atoms with Crippen molar-refractivity contribution in [1.29, 1.82) is 0 Å². The molecule has 0 radical (unpaired) electrons. The third-order valence-electron chi connectivity index (χ3n) is 5.08. The van der Waals surface area contributed by atoms with Gasteiger partial charge in [-0.15, -0.1) is 0 Å². The molecular formula is C24H28N4O. The highest BCUT2D eigenvalue weighted by Crippen LogP contribution is 2.32. The predicted octanol–water partition coefficient (Wildman–Crippen LogP) is 5.02. The summed E-state index contributed by atoms with van der Waals surface area (Å²) in [5.41, 5.74) is 4.36. The van der Waals surface area contributed by atoms with Crippen LogP contribution in [0.4, 0.5) is 17.5 Å². The Morgan fingerprint density at radius 3 is 2.31 bits per heavy atom. The lowest BCUT2D eigenvalue weighted by atomic mass is 9.86. The van der Waals surface area contributed by atoms with Gasteiger partial charge in [-0.2, -0.15) is 4.98 Å². The highest BCUT2D eigenvalue weighted by molar-refractivity contribution is 5.69. The van der Waals surface area contributed by atoms with Crippen LogP contribution in [0, 0.1) is 0 Å². The summed E-state index contributed by atoms with van der Waals surface area (Å²) in [5.74, 6) is 1.54. The van der Waals surface area contributed by atoms with E-state index in [1.807, 2.05) is 24.3 Å². The summed E-state index contributed by atoms with van der Waals surface area (Å²) >= 11 is 0. The first-order valence-electron chi connectivity index (χ1n) is 10.1. The van der Waals surface area contributed by atoms with E-state index in [2.05, 4.69) is 67.4 Å². The second kappa shape index (κ2) is 8.21. The molecular weight excluding hydrogens is 360 g/mol. The smallest absolute Gasteiger partial charge is 0.228 e. The summed E-state index contributed by atoms with van der Waals surface area (Å²) in [5, 5.41) is 3.56. The van der Waals surface area contributed by atoms with Gasteiger partial charge in [0, 0.05) is 30.4 Å². The van der Waals surface area contributed by atoms with Gasteiger partial charge in [0.25, 0.3) is 0 Å². The molecule has 0 spiro atoms.